The summed E-state index contributed by atoms with van der Waals surface area (Å²) >= 11 is 3.31. The molecule has 130 valence electrons. The number of thiophene rings is 1. The SMILES string of the molecule is C[C@H]1CCc2c(sc3ncnc(Sc4nnnn4-c4ccccc4)c23)C1. The first kappa shape index (κ1) is 15.9. The fourth-order valence-electron chi connectivity index (χ4n) is 3.38. The fraction of sp³-hybridized carbons (Fsp3) is 0.278. The highest BCUT2D eigenvalue weighted by molar-refractivity contribution is 7.99. The standard InChI is InChI=1S/C18H16N6S2/c1-11-7-8-13-14(9-11)25-16-15(13)17(20-10-19-16)26-18-21-22-23-24(18)12-5-3-2-4-6-12/h2-6,10-11H,7-9H2,1H3/t11-/m0/s1. The van der Waals surface area contributed by atoms with E-state index in [2.05, 4.69) is 32.4 Å². The van der Waals surface area contributed by atoms with Crippen molar-refractivity contribution in [2.45, 2.75) is 36.4 Å². The average molecular weight is 381 g/mol. The highest BCUT2D eigenvalue weighted by Gasteiger charge is 2.24. The Kier molecular flexibility index (Phi) is 3.94. The third-order valence-electron chi connectivity index (χ3n) is 4.69. The van der Waals surface area contributed by atoms with Crippen LogP contribution in [0, 0.1) is 5.92 Å². The number of nitrogens with zero attached hydrogens (tertiary/aromatic N) is 6. The molecule has 0 spiro atoms. The molecule has 0 saturated heterocycles. The molecule has 0 fully saturated rings. The van der Waals surface area contributed by atoms with Crippen LogP contribution in [-0.2, 0) is 12.8 Å². The van der Waals surface area contributed by atoms with Crippen molar-refractivity contribution >= 4 is 33.3 Å². The molecule has 1 aliphatic rings. The largest absolute Gasteiger partial charge is 0.229 e. The van der Waals surface area contributed by atoms with Gasteiger partial charge in [0.05, 0.1) is 5.69 Å². The Morgan fingerprint density at radius 1 is 1.19 bits per heavy atom. The monoisotopic (exact) mass is 380 g/mol. The molecule has 0 amide bonds. The van der Waals surface area contributed by atoms with Crippen LogP contribution in [0.3, 0.4) is 0 Å². The van der Waals surface area contributed by atoms with Crippen molar-refractivity contribution in [3.05, 3.63) is 47.1 Å². The second-order valence-electron chi connectivity index (χ2n) is 6.52. The van der Waals surface area contributed by atoms with Crippen LogP contribution >= 0.6 is 23.1 Å². The number of aromatic nitrogens is 6. The lowest BCUT2D eigenvalue weighted by atomic mass is 9.89. The Morgan fingerprint density at radius 3 is 2.96 bits per heavy atom. The molecule has 1 aliphatic carbocycles. The lowest BCUT2D eigenvalue weighted by Gasteiger charge is -2.18. The van der Waals surface area contributed by atoms with Gasteiger partial charge < -0.3 is 0 Å². The van der Waals surface area contributed by atoms with Crippen LogP contribution in [0.4, 0.5) is 0 Å². The van der Waals surface area contributed by atoms with Gasteiger partial charge in [-0.25, -0.2) is 9.97 Å². The fourth-order valence-corrected chi connectivity index (χ4v) is 5.70. The van der Waals surface area contributed by atoms with Gasteiger partial charge in [0.25, 0.3) is 0 Å². The van der Waals surface area contributed by atoms with Crippen molar-refractivity contribution in [3.63, 3.8) is 0 Å². The van der Waals surface area contributed by atoms with Crippen molar-refractivity contribution in [1.82, 2.24) is 30.2 Å². The summed E-state index contributed by atoms with van der Waals surface area (Å²) in [5.74, 6) is 0.741. The van der Waals surface area contributed by atoms with E-state index in [0.717, 1.165) is 34.3 Å². The van der Waals surface area contributed by atoms with Crippen LogP contribution in [0.2, 0.25) is 0 Å². The van der Waals surface area contributed by atoms with Crippen molar-refractivity contribution in [2.75, 3.05) is 0 Å². The molecule has 1 aromatic carbocycles. The maximum atomic E-state index is 4.57. The Balaban J connectivity index is 1.59. The molecule has 0 saturated carbocycles. The molecular formula is C18H16N6S2. The Bertz CT molecular complexity index is 1070. The zero-order valence-electron chi connectivity index (χ0n) is 14.2. The molecule has 8 heteroatoms. The molecule has 3 aromatic heterocycles. The minimum atomic E-state index is 0.709. The number of aryl methyl sites for hydroxylation is 1. The number of para-hydroxylation sites is 1. The molecule has 4 aromatic rings. The first-order valence-corrected chi connectivity index (χ1v) is 10.2. The van der Waals surface area contributed by atoms with Gasteiger partial charge in [0.2, 0.25) is 5.16 Å². The zero-order valence-corrected chi connectivity index (χ0v) is 15.8. The third kappa shape index (κ3) is 2.69. The summed E-state index contributed by atoms with van der Waals surface area (Å²) in [6, 6.07) is 9.91. The number of benzene rings is 1. The van der Waals surface area contributed by atoms with Crippen molar-refractivity contribution < 1.29 is 0 Å². The summed E-state index contributed by atoms with van der Waals surface area (Å²) in [7, 11) is 0. The summed E-state index contributed by atoms with van der Waals surface area (Å²) < 4.78 is 1.75. The maximum Gasteiger partial charge on any atom is 0.220 e. The van der Waals surface area contributed by atoms with Gasteiger partial charge in [-0.2, -0.15) is 4.68 Å². The second kappa shape index (κ2) is 6.44. The normalized spacial score (nSPS) is 16.7. The predicted octanol–water partition coefficient (Wildman–Crippen LogP) is 3.94. The molecule has 1 atom stereocenters. The summed E-state index contributed by atoms with van der Waals surface area (Å²) in [6.07, 6.45) is 5.11. The number of hydrogen-bond donors (Lipinski definition) is 0. The lowest BCUT2D eigenvalue weighted by Crippen LogP contribution is -2.08. The molecule has 0 aliphatic heterocycles. The average Bonchev–Trinajstić information content (AvgIpc) is 3.26. The predicted molar refractivity (Wildman–Crippen MR) is 102 cm³/mol. The van der Waals surface area contributed by atoms with Crippen LogP contribution < -0.4 is 0 Å². The Hall–Kier alpha value is -2.32. The van der Waals surface area contributed by atoms with Gasteiger partial charge >= 0.3 is 0 Å². The van der Waals surface area contributed by atoms with E-state index in [1.807, 2.05) is 41.7 Å². The van der Waals surface area contributed by atoms with E-state index in [1.165, 1.54) is 34.0 Å². The van der Waals surface area contributed by atoms with E-state index in [9.17, 15) is 0 Å². The van der Waals surface area contributed by atoms with Crippen LogP contribution in [0.5, 0.6) is 0 Å². The lowest BCUT2D eigenvalue weighted by molar-refractivity contribution is 0.509. The van der Waals surface area contributed by atoms with E-state index < -0.39 is 0 Å². The number of rotatable bonds is 3. The van der Waals surface area contributed by atoms with Crippen molar-refractivity contribution in [3.8, 4) is 5.69 Å². The van der Waals surface area contributed by atoms with Gasteiger partial charge in [0, 0.05) is 10.3 Å². The van der Waals surface area contributed by atoms with E-state index in [-0.39, 0.29) is 0 Å². The minimum Gasteiger partial charge on any atom is -0.229 e. The van der Waals surface area contributed by atoms with Crippen molar-refractivity contribution in [2.24, 2.45) is 5.92 Å². The summed E-state index contributed by atoms with van der Waals surface area (Å²) in [6.45, 7) is 2.32. The highest BCUT2D eigenvalue weighted by atomic mass is 32.2. The summed E-state index contributed by atoms with van der Waals surface area (Å²) in [5.41, 5.74) is 2.36. The number of fused-ring (bicyclic) bond motifs is 3. The second-order valence-corrected chi connectivity index (χ2v) is 8.56. The van der Waals surface area contributed by atoms with Crippen LogP contribution in [0.15, 0.2) is 46.8 Å². The molecule has 5 rings (SSSR count). The van der Waals surface area contributed by atoms with Crippen molar-refractivity contribution in [1.29, 1.82) is 0 Å². The van der Waals surface area contributed by atoms with Gasteiger partial charge in [-0.05, 0) is 65.1 Å². The van der Waals surface area contributed by atoms with Crippen LogP contribution in [-0.4, -0.2) is 30.2 Å². The van der Waals surface area contributed by atoms with E-state index in [1.54, 1.807) is 11.0 Å². The third-order valence-corrected chi connectivity index (χ3v) is 6.79. The maximum absolute atomic E-state index is 4.57. The van der Waals surface area contributed by atoms with E-state index in [4.69, 9.17) is 0 Å². The van der Waals surface area contributed by atoms with E-state index in [0.29, 0.717) is 5.16 Å². The quantitative estimate of drug-likeness (QED) is 0.501. The van der Waals surface area contributed by atoms with Gasteiger partial charge in [-0.15, -0.1) is 16.4 Å². The van der Waals surface area contributed by atoms with E-state index >= 15 is 0 Å². The number of tetrazole rings is 1. The molecule has 0 radical (unpaired) electrons. The smallest absolute Gasteiger partial charge is 0.220 e. The van der Waals surface area contributed by atoms with Gasteiger partial charge in [-0.1, -0.05) is 25.1 Å². The van der Waals surface area contributed by atoms with Gasteiger partial charge in [0.15, 0.2) is 0 Å². The molecule has 6 nitrogen and oxygen atoms in total. The summed E-state index contributed by atoms with van der Waals surface area (Å²) in [4.78, 5) is 11.6. The molecule has 0 bridgehead atoms. The highest BCUT2D eigenvalue weighted by Crippen LogP contribution is 2.41. The molecule has 3 heterocycles. The van der Waals surface area contributed by atoms with Crippen LogP contribution in [0.25, 0.3) is 15.9 Å². The zero-order chi connectivity index (χ0) is 17.5. The van der Waals surface area contributed by atoms with Gasteiger partial charge in [-0.3, -0.25) is 0 Å². The first-order valence-electron chi connectivity index (χ1n) is 8.56. The summed E-state index contributed by atoms with van der Waals surface area (Å²) in [5, 5.41) is 15.0. The molecule has 0 unspecified atom stereocenters. The van der Waals surface area contributed by atoms with Gasteiger partial charge in [0.1, 0.15) is 16.2 Å². The Morgan fingerprint density at radius 2 is 2.08 bits per heavy atom. The molecular weight excluding hydrogens is 364 g/mol. The minimum absolute atomic E-state index is 0.709. The molecule has 26 heavy (non-hydrogen) atoms. The first-order chi connectivity index (χ1) is 12.8. The molecule has 0 N–H and O–H groups in total. The Labute approximate surface area is 158 Å². The number of hydrogen-bond acceptors (Lipinski definition) is 7. The topological polar surface area (TPSA) is 69.4 Å². The van der Waals surface area contributed by atoms with Crippen LogP contribution in [0.1, 0.15) is 23.8 Å².